The van der Waals surface area contributed by atoms with E-state index in [0.29, 0.717) is 19.8 Å². The topological polar surface area (TPSA) is 96.3 Å². The quantitative estimate of drug-likeness (QED) is 0.604. The van der Waals surface area contributed by atoms with Gasteiger partial charge in [-0.2, -0.15) is 0 Å². The van der Waals surface area contributed by atoms with Gasteiger partial charge in [0.1, 0.15) is 12.4 Å². The van der Waals surface area contributed by atoms with Gasteiger partial charge in [-0.1, -0.05) is 6.07 Å². The first kappa shape index (κ1) is 21.2. The highest BCUT2D eigenvalue weighted by Crippen LogP contribution is 2.18. The van der Waals surface area contributed by atoms with E-state index >= 15 is 0 Å². The highest BCUT2D eigenvalue weighted by molar-refractivity contribution is 5.94. The molecular weight excluding hydrogens is 362 g/mol. The lowest BCUT2D eigenvalue weighted by Crippen LogP contribution is -2.23. The van der Waals surface area contributed by atoms with Crippen LogP contribution in [0.4, 0.5) is 5.69 Å². The molecule has 0 bridgehead atoms. The van der Waals surface area contributed by atoms with Gasteiger partial charge in [0.2, 0.25) is 0 Å². The highest BCUT2D eigenvalue weighted by Gasteiger charge is 2.12. The second-order valence-corrected chi connectivity index (χ2v) is 6.51. The van der Waals surface area contributed by atoms with Crippen molar-refractivity contribution >= 4 is 17.6 Å². The normalized spacial score (nSPS) is 10.5. The molecule has 0 radical (unpaired) electrons. The molecule has 2 N–H and O–H groups in total. The van der Waals surface area contributed by atoms with Crippen LogP contribution in [0.1, 0.15) is 31.8 Å². The van der Waals surface area contributed by atoms with Crippen LogP contribution >= 0.6 is 0 Å². The standard InChI is InChI=1S/C21H25NO6/c1-14-4-5-18(10-15(14)2)22(3)6-7-27-8-9-28-19-12-16(20(23)24)11-17(13-19)21(25)26/h4-5,10-13H,6-9H2,1-3H3,(H,23,24)(H,25,26). The molecule has 0 saturated carbocycles. The highest BCUT2D eigenvalue weighted by atomic mass is 16.5. The number of rotatable bonds is 10. The van der Waals surface area contributed by atoms with Gasteiger partial charge in [0.05, 0.1) is 24.3 Å². The number of carboxylic acid groups (broad SMARTS) is 2. The van der Waals surface area contributed by atoms with Crippen molar-refractivity contribution in [2.75, 3.05) is 38.3 Å². The van der Waals surface area contributed by atoms with Gasteiger partial charge in [-0.15, -0.1) is 0 Å². The Labute approximate surface area is 164 Å². The van der Waals surface area contributed by atoms with Gasteiger partial charge in [-0.05, 0) is 55.3 Å². The van der Waals surface area contributed by atoms with Crippen molar-refractivity contribution in [3.05, 3.63) is 58.7 Å². The maximum atomic E-state index is 11.1. The third-order valence-electron chi connectivity index (χ3n) is 4.40. The summed E-state index contributed by atoms with van der Waals surface area (Å²) in [5.74, 6) is -2.23. The second-order valence-electron chi connectivity index (χ2n) is 6.51. The Morgan fingerprint density at radius 2 is 1.54 bits per heavy atom. The number of anilines is 1. The predicted molar refractivity (Wildman–Crippen MR) is 106 cm³/mol. The van der Waals surface area contributed by atoms with Crippen molar-refractivity contribution in [2.45, 2.75) is 13.8 Å². The number of hydrogen-bond acceptors (Lipinski definition) is 5. The number of nitrogens with zero attached hydrogens (tertiary/aromatic N) is 1. The monoisotopic (exact) mass is 387 g/mol. The van der Waals surface area contributed by atoms with Crippen molar-refractivity contribution in [3.8, 4) is 5.75 Å². The zero-order chi connectivity index (χ0) is 20.7. The summed E-state index contributed by atoms with van der Waals surface area (Å²) in [5.41, 5.74) is 3.35. The predicted octanol–water partition coefficient (Wildman–Crippen LogP) is 3.23. The van der Waals surface area contributed by atoms with E-state index in [-0.39, 0.29) is 23.5 Å². The number of likely N-dealkylation sites (N-methyl/N-ethyl adjacent to an activating group) is 1. The number of carboxylic acids is 2. The van der Waals surface area contributed by atoms with Crippen molar-refractivity contribution in [1.29, 1.82) is 0 Å². The van der Waals surface area contributed by atoms with E-state index < -0.39 is 11.9 Å². The molecule has 0 saturated heterocycles. The molecule has 7 nitrogen and oxygen atoms in total. The van der Waals surface area contributed by atoms with Crippen LogP contribution in [-0.4, -0.2) is 55.6 Å². The lowest BCUT2D eigenvalue weighted by molar-refractivity contribution is 0.0696. The molecule has 0 aliphatic carbocycles. The van der Waals surface area contributed by atoms with Gasteiger partial charge in [0.25, 0.3) is 0 Å². The Kier molecular flexibility index (Phi) is 7.40. The van der Waals surface area contributed by atoms with Crippen molar-refractivity contribution in [2.24, 2.45) is 0 Å². The van der Waals surface area contributed by atoms with Crippen molar-refractivity contribution in [1.82, 2.24) is 0 Å². The SMILES string of the molecule is Cc1ccc(N(C)CCOCCOc2cc(C(=O)O)cc(C(=O)O)c2)cc1C. The third kappa shape index (κ3) is 5.99. The first-order valence-electron chi connectivity index (χ1n) is 8.88. The Morgan fingerprint density at radius 3 is 2.11 bits per heavy atom. The molecule has 0 amide bonds. The van der Waals surface area contributed by atoms with Gasteiger partial charge < -0.3 is 24.6 Å². The minimum Gasteiger partial charge on any atom is -0.491 e. The van der Waals surface area contributed by atoms with Crippen LogP contribution in [-0.2, 0) is 4.74 Å². The van der Waals surface area contributed by atoms with Crippen molar-refractivity contribution in [3.63, 3.8) is 0 Å². The van der Waals surface area contributed by atoms with Crippen LogP contribution in [0.5, 0.6) is 5.75 Å². The van der Waals surface area contributed by atoms with Gasteiger partial charge in [0, 0.05) is 19.3 Å². The molecule has 28 heavy (non-hydrogen) atoms. The first-order valence-corrected chi connectivity index (χ1v) is 8.88. The van der Waals surface area contributed by atoms with E-state index in [1.54, 1.807) is 0 Å². The van der Waals surface area contributed by atoms with Gasteiger partial charge >= 0.3 is 11.9 Å². The molecule has 0 heterocycles. The lowest BCUT2D eigenvalue weighted by Gasteiger charge is -2.20. The van der Waals surface area contributed by atoms with E-state index in [2.05, 4.69) is 36.9 Å². The summed E-state index contributed by atoms with van der Waals surface area (Å²) in [5, 5.41) is 18.1. The van der Waals surface area contributed by atoms with Crippen LogP contribution in [0.15, 0.2) is 36.4 Å². The zero-order valence-corrected chi connectivity index (χ0v) is 16.3. The number of carbonyl (C=O) groups is 2. The van der Waals surface area contributed by atoms with E-state index in [9.17, 15) is 9.59 Å². The fourth-order valence-corrected chi connectivity index (χ4v) is 2.54. The van der Waals surface area contributed by atoms with Crippen LogP contribution in [0, 0.1) is 13.8 Å². The summed E-state index contributed by atoms with van der Waals surface area (Å²) < 4.78 is 11.0. The van der Waals surface area contributed by atoms with Crippen molar-refractivity contribution < 1.29 is 29.3 Å². The minimum atomic E-state index is -1.21. The van der Waals surface area contributed by atoms with Crippen LogP contribution < -0.4 is 9.64 Å². The number of hydrogen-bond donors (Lipinski definition) is 2. The molecule has 0 aliphatic heterocycles. The second kappa shape index (κ2) is 9.75. The summed E-state index contributed by atoms with van der Waals surface area (Å²) in [6.45, 7) is 5.86. The Balaban J connectivity index is 1.77. The minimum absolute atomic E-state index is 0.133. The fraction of sp³-hybridized carbons (Fsp3) is 0.333. The number of aromatic carboxylic acids is 2. The van der Waals surface area contributed by atoms with Gasteiger partial charge in [0.15, 0.2) is 0 Å². The molecule has 7 heteroatoms. The van der Waals surface area contributed by atoms with Crippen LogP contribution in [0.25, 0.3) is 0 Å². The fourth-order valence-electron chi connectivity index (χ4n) is 2.54. The maximum Gasteiger partial charge on any atom is 0.335 e. The van der Waals surface area contributed by atoms with E-state index in [1.165, 1.54) is 23.3 Å². The van der Waals surface area contributed by atoms with Gasteiger partial charge in [-0.25, -0.2) is 9.59 Å². The van der Waals surface area contributed by atoms with Gasteiger partial charge in [-0.3, -0.25) is 0 Å². The molecule has 0 unspecified atom stereocenters. The Hall–Kier alpha value is -3.06. The third-order valence-corrected chi connectivity index (χ3v) is 4.40. The number of ether oxygens (including phenoxy) is 2. The molecule has 0 aromatic heterocycles. The molecule has 0 fully saturated rings. The molecule has 2 aromatic rings. The molecule has 0 aliphatic rings. The van der Waals surface area contributed by atoms with Crippen LogP contribution in [0.3, 0.4) is 0 Å². The molecule has 0 spiro atoms. The summed E-state index contributed by atoms with van der Waals surface area (Å²) in [6.07, 6.45) is 0. The summed E-state index contributed by atoms with van der Waals surface area (Å²) in [6, 6.07) is 9.97. The zero-order valence-electron chi connectivity index (χ0n) is 16.3. The van der Waals surface area contributed by atoms with E-state index in [0.717, 1.165) is 11.8 Å². The summed E-state index contributed by atoms with van der Waals surface area (Å²) in [4.78, 5) is 24.3. The Bertz CT molecular complexity index is 817. The Morgan fingerprint density at radius 1 is 0.893 bits per heavy atom. The molecule has 150 valence electrons. The van der Waals surface area contributed by atoms with Crippen LogP contribution in [0.2, 0.25) is 0 Å². The number of benzene rings is 2. The lowest BCUT2D eigenvalue weighted by atomic mass is 10.1. The van der Waals surface area contributed by atoms with E-state index in [1.807, 2.05) is 7.05 Å². The average Bonchev–Trinajstić information content (AvgIpc) is 2.66. The number of aryl methyl sites for hydroxylation is 2. The molecule has 2 rings (SSSR count). The average molecular weight is 387 g/mol. The summed E-state index contributed by atoms with van der Waals surface area (Å²) >= 11 is 0. The summed E-state index contributed by atoms with van der Waals surface area (Å²) in [7, 11) is 1.99. The molecule has 0 atom stereocenters. The maximum absolute atomic E-state index is 11.1. The molecule has 2 aromatic carbocycles. The smallest absolute Gasteiger partial charge is 0.335 e. The van der Waals surface area contributed by atoms with E-state index in [4.69, 9.17) is 19.7 Å². The molecular formula is C21H25NO6. The largest absolute Gasteiger partial charge is 0.491 e. The first-order chi connectivity index (χ1) is 13.3.